The van der Waals surface area contributed by atoms with E-state index < -0.39 is 18.3 Å². The lowest BCUT2D eigenvalue weighted by Crippen LogP contribution is -2.41. The highest BCUT2D eigenvalue weighted by Gasteiger charge is 2.52. The van der Waals surface area contributed by atoms with Crippen molar-refractivity contribution in [2.45, 2.75) is 65.3 Å². The molecule has 1 fully saturated rings. The molecule has 0 atom stereocenters. The van der Waals surface area contributed by atoms with Crippen LogP contribution in [0.2, 0.25) is 0 Å². The van der Waals surface area contributed by atoms with Gasteiger partial charge >= 0.3 is 7.12 Å². The molecule has 0 aliphatic carbocycles. The third-order valence-electron chi connectivity index (χ3n) is 3.93. The molecule has 0 unspecified atom stereocenters. The maximum absolute atomic E-state index is 10.2. The second-order valence-electron chi connectivity index (χ2n) is 7.52. The van der Waals surface area contributed by atoms with E-state index in [0.717, 1.165) is 0 Å². The molecule has 1 N–H and O–H groups in total. The van der Waals surface area contributed by atoms with Crippen LogP contribution in [0.25, 0.3) is 0 Å². The van der Waals surface area contributed by atoms with Crippen molar-refractivity contribution in [1.82, 2.24) is 0 Å². The molecule has 1 aromatic carbocycles. The highest BCUT2D eigenvalue weighted by molar-refractivity contribution is 6.63. The Bertz CT molecular complexity index is 516. The van der Waals surface area contributed by atoms with Crippen molar-refractivity contribution in [2.24, 2.45) is 0 Å². The molecular weight excluding hydrogens is 267 g/mol. The van der Waals surface area contributed by atoms with Gasteiger partial charge in [-0.15, -0.1) is 0 Å². The summed E-state index contributed by atoms with van der Waals surface area (Å²) in [5.74, 6) is 0.746. The SMILES string of the molecule is CC(C)(C)Oc1ccc(B2OC(C)(C)C(C)(C)O2)c(O)c1. The van der Waals surface area contributed by atoms with E-state index in [0.29, 0.717) is 11.2 Å². The van der Waals surface area contributed by atoms with Crippen LogP contribution in [-0.2, 0) is 9.31 Å². The molecule has 1 aliphatic heterocycles. The van der Waals surface area contributed by atoms with Crippen LogP contribution in [0.1, 0.15) is 48.5 Å². The molecule has 5 heteroatoms. The van der Waals surface area contributed by atoms with E-state index in [4.69, 9.17) is 14.0 Å². The molecular formula is C16H25BO4. The standard InChI is InChI=1S/C16H25BO4/c1-14(2,3)19-11-8-9-12(13(18)10-11)17-20-15(4,5)16(6,7)21-17/h8-10,18H,1-7H3. The van der Waals surface area contributed by atoms with Gasteiger partial charge in [0.2, 0.25) is 0 Å². The van der Waals surface area contributed by atoms with Gasteiger partial charge in [-0.25, -0.2) is 0 Å². The normalized spacial score (nSPS) is 20.6. The van der Waals surface area contributed by atoms with Gasteiger partial charge in [0.15, 0.2) is 0 Å². The topological polar surface area (TPSA) is 47.9 Å². The van der Waals surface area contributed by atoms with E-state index >= 15 is 0 Å². The monoisotopic (exact) mass is 292 g/mol. The zero-order valence-corrected chi connectivity index (χ0v) is 14.0. The Morgan fingerprint density at radius 1 is 1.05 bits per heavy atom. The first-order valence-electron chi connectivity index (χ1n) is 7.29. The lowest BCUT2D eigenvalue weighted by molar-refractivity contribution is 0.00578. The van der Waals surface area contributed by atoms with Gasteiger partial charge < -0.3 is 19.2 Å². The van der Waals surface area contributed by atoms with Gasteiger partial charge in [0.1, 0.15) is 17.1 Å². The number of benzene rings is 1. The average molecular weight is 292 g/mol. The molecule has 2 rings (SSSR count). The Morgan fingerprint density at radius 3 is 2.00 bits per heavy atom. The maximum Gasteiger partial charge on any atom is 0.498 e. The predicted molar refractivity (Wildman–Crippen MR) is 84.2 cm³/mol. The van der Waals surface area contributed by atoms with Crippen LogP contribution >= 0.6 is 0 Å². The van der Waals surface area contributed by atoms with Crippen molar-refractivity contribution >= 4 is 12.6 Å². The quantitative estimate of drug-likeness (QED) is 0.851. The smallest absolute Gasteiger partial charge is 0.498 e. The summed E-state index contributed by atoms with van der Waals surface area (Å²) in [4.78, 5) is 0. The predicted octanol–water partition coefficient (Wildman–Crippen LogP) is 2.87. The van der Waals surface area contributed by atoms with Crippen molar-refractivity contribution in [1.29, 1.82) is 0 Å². The number of hydrogen-bond acceptors (Lipinski definition) is 4. The molecule has 0 saturated carbocycles. The Morgan fingerprint density at radius 2 is 1.57 bits per heavy atom. The average Bonchev–Trinajstić information content (AvgIpc) is 2.45. The number of hydrogen-bond donors (Lipinski definition) is 1. The van der Waals surface area contributed by atoms with Crippen LogP contribution in [-0.4, -0.2) is 29.0 Å². The minimum atomic E-state index is -0.571. The maximum atomic E-state index is 10.2. The first-order chi connectivity index (χ1) is 9.41. The van der Waals surface area contributed by atoms with E-state index in [2.05, 4.69) is 0 Å². The van der Waals surface area contributed by atoms with Gasteiger partial charge in [0.05, 0.1) is 11.2 Å². The van der Waals surface area contributed by atoms with Crippen molar-refractivity contribution in [3.8, 4) is 11.5 Å². The van der Waals surface area contributed by atoms with Crippen LogP contribution in [0.15, 0.2) is 18.2 Å². The zero-order valence-electron chi connectivity index (χ0n) is 14.0. The Hall–Kier alpha value is -1.20. The third kappa shape index (κ3) is 3.35. The number of phenols is 1. The van der Waals surface area contributed by atoms with Crippen LogP contribution in [0.5, 0.6) is 11.5 Å². The largest absolute Gasteiger partial charge is 0.508 e. The molecule has 0 radical (unpaired) electrons. The van der Waals surface area contributed by atoms with Gasteiger partial charge in [-0.2, -0.15) is 0 Å². The summed E-state index contributed by atoms with van der Waals surface area (Å²) in [6, 6.07) is 5.22. The van der Waals surface area contributed by atoms with E-state index in [1.807, 2.05) is 54.5 Å². The van der Waals surface area contributed by atoms with Crippen LogP contribution in [0.4, 0.5) is 0 Å². The molecule has 1 aromatic rings. The van der Waals surface area contributed by atoms with Crippen LogP contribution in [0.3, 0.4) is 0 Å². The number of aromatic hydroxyl groups is 1. The van der Waals surface area contributed by atoms with Crippen LogP contribution < -0.4 is 10.2 Å². The minimum absolute atomic E-state index is 0.121. The fourth-order valence-electron chi connectivity index (χ4n) is 2.11. The van der Waals surface area contributed by atoms with Gasteiger partial charge in [-0.05, 0) is 54.5 Å². The highest BCUT2D eigenvalue weighted by Crippen LogP contribution is 2.37. The molecule has 0 spiro atoms. The van der Waals surface area contributed by atoms with E-state index in [9.17, 15) is 5.11 Å². The first-order valence-corrected chi connectivity index (χ1v) is 7.29. The van der Waals surface area contributed by atoms with Crippen molar-refractivity contribution < 1.29 is 19.2 Å². The number of ether oxygens (including phenoxy) is 1. The first kappa shape index (κ1) is 16.2. The molecule has 1 heterocycles. The highest BCUT2D eigenvalue weighted by atomic mass is 16.7. The van der Waals surface area contributed by atoms with Crippen molar-refractivity contribution in [2.75, 3.05) is 0 Å². The van der Waals surface area contributed by atoms with Gasteiger partial charge in [0.25, 0.3) is 0 Å². The lowest BCUT2D eigenvalue weighted by Gasteiger charge is -2.32. The summed E-state index contributed by atoms with van der Waals surface area (Å²) in [7, 11) is -0.571. The molecule has 0 amide bonds. The Kier molecular flexibility index (Phi) is 3.79. The van der Waals surface area contributed by atoms with Crippen LogP contribution in [0, 0.1) is 0 Å². The second-order valence-corrected chi connectivity index (χ2v) is 7.52. The van der Waals surface area contributed by atoms with E-state index in [-0.39, 0.29) is 11.4 Å². The fraction of sp³-hybridized carbons (Fsp3) is 0.625. The molecule has 21 heavy (non-hydrogen) atoms. The second kappa shape index (κ2) is 4.92. The lowest BCUT2D eigenvalue weighted by atomic mass is 9.78. The Balaban J connectivity index is 2.23. The summed E-state index contributed by atoms with van der Waals surface area (Å²) in [5.41, 5.74) is -0.539. The van der Waals surface area contributed by atoms with E-state index in [1.165, 1.54) is 0 Å². The van der Waals surface area contributed by atoms with Gasteiger partial charge in [-0.3, -0.25) is 0 Å². The van der Waals surface area contributed by atoms with Crippen molar-refractivity contribution in [3.63, 3.8) is 0 Å². The summed E-state index contributed by atoms with van der Waals surface area (Å²) in [6.07, 6.45) is 0. The summed E-state index contributed by atoms with van der Waals surface area (Å²) < 4.78 is 17.6. The molecule has 0 aromatic heterocycles. The number of rotatable bonds is 2. The third-order valence-corrected chi connectivity index (χ3v) is 3.93. The summed E-state index contributed by atoms with van der Waals surface area (Å²) in [5, 5.41) is 10.2. The molecule has 1 saturated heterocycles. The fourth-order valence-corrected chi connectivity index (χ4v) is 2.11. The minimum Gasteiger partial charge on any atom is -0.508 e. The molecule has 4 nitrogen and oxygen atoms in total. The van der Waals surface area contributed by atoms with Gasteiger partial charge in [0, 0.05) is 11.5 Å². The van der Waals surface area contributed by atoms with Gasteiger partial charge in [-0.1, -0.05) is 6.07 Å². The molecule has 1 aliphatic rings. The summed E-state index contributed by atoms with van der Waals surface area (Å²) in [6.45, 7) is 13.8. The molecule has 116 valence electrons. The molecule has 0 bridgehead atoms. The Labute approximate surface area is 127 Å². The van der Waals surface area contributed by atoms with Crippen molar-refractivity contribution in [3.05, 3.63) is 18.2 Å². The summed E-state index contributed by atoms with van der Waals surface area (Å²) >= 11 is 0. The zero-order chi connectivity index (χ0) is 16.1. The van der Waals surface area contributed by atoms with E-state index in [1.54, 1.807) is 12.1 Å². The number of phenolic OH excluding ortho intramolecular Hbond substituents is 1.